The van der Waals surface area contributed by atoms with Crippen molar-refractivity contribution in [3.63, 3.8) is 0 Å². The number of amides is 5. The first kappa shape index (κ1) is 19.1. The quantitative estimate of drug-likeness (QED) is 0.590. The minimum atomic E-state index is -0.976. The van der Waals surface area contributed by atoms with Gasteiger partial charge < -0.3 is 10.1 Å². The summed E-state index contributed by atoms with van der Waals surface area (Å²) in [6.45, 7) is -0.432. The Hall–Kier alpha value is -2.90. The molecule has 8 heteroatoms. The minimum Gasteiger partial charge on any atom is -0.497 e. The molecule has 1 aliphatic heterocycles. The standard InChI is InChI=1S/C22H25N3O5/c1-30-17-4-2-16(3-5-17)25-21(28)20(27)24(22(25)29)11-18(26)23-19-14-7-12-6-13(9-14)10-15(19)8-12/h2-5,12-15,19H,6-11H2,1H3,(H,23,26). The highest BCUT2D eigenvalue weighted by molar-refractivity contribution is 6.53. The molecule has 1 aromatic rings. The number of hydrogen-bond acceptors (Lipinski definition) is 5. The fourth-order valence-electron chi connectivity index (χ4n) is 6.14. The molecule has 0 spiro atoms. The molecule has 4 saturated carbocycles. The first-order valence-corrected chi connectivity index (χ1v) is 10.6. The number of imide groups is 2. The second kappa shape index (κ2) is 7.11. The topological polar surface area (TPSA) is 96.0 Å². The van der Waals surface area contributed by atoms with E-state index < -0.39 is 24.4 Å². The maximum Gasteiger partial charge on any atom is 0.339 e. The maximum absolute atomic E-state index is 12.8. The summed E-state index contributed by atoms with van der Waals surface area (Å²) in [5.41, 5.74) is 0.267. The third-order valence-electron chi connectivity index (χ3n) is 7.24. The molecule has 5 fully saturated rings. The van der Waals surface area contributed by atoms with Crippen LogP contribution in [0.5, 0.6) is 5.75 Å². The van der Waals surface area contributed by atoms with Crippen LogP contribution in [-0.4, -0.2) is 48.3 Å². The molecule has 1 saturated heterocycles. The van der Waals surface area contributed by atoms with Gasteiger partial charge in [-0.25, -0.2) is 14.6 Å². The summed E-state index contributed by atoms with van der Waals surface area (Å²) in [5.74, 6) is 0.828. The lowest BCUT2D eigenvalue weighted by atomic mass is 9.54. The van der Waals surface area contributed by atoms with Crippen LogP contribution >= 0.6 is 0 Å². The molecular formula is C22H25N3O5. The van der Waals surface area contributed by atoms with Crippen molar-refractivity contribution >= 4 is 29.4 Å². The molecule has 6 rings (SSSR count). The van der Waals surface area contributed by atoms with Crippen LogP contribution in [-0.2, 0) is 14.4 Å². The molecule has 0 radical (unpaired) electrons. The summed E-state index contributed by atoms with van der Waals surface area (Å²) in [4.78, 5) is 51.8. The van der Waals surface area contributed by atoms with Crippen LogP contribution in [0.3, 0.4) is 0 Å². The van der Waals surface area contributed by atoms with Gasteiger partial charge in [0.05, 0.1) is 12.8 Å². The van der Waals surface area contributed by atoms with Gasteiger partial charge in [0.1, 0.15) is 12.3 Å². The van der Waals surface area contributed by atoms with E-state index in [-0.39, 0.29) is 17.6 Å². The smallest absolute Gasteiger partial charge is 0.339 e. The molecule has 1 N–H and O–H groups in total. The molecule has 0 unspecified atom stereocenters. The number of urea groups is 1. The van der Waals surface area contributed by atoms with Gasteiger partial charge in [0.15, 0.2) is 0 Å². The third-order valence-corrected chi connectivity index (χ3v) is 7.24. The highest BCUT2D eigenvalue weighted by Crippen LogP contribution is 2.53. The van der Waals surface area contributed by atoms with Gasteiger partial charge in [-0.1, -0.05) is 0 Å². The normalized spacial score (nSPS) is 32.2. The van der Waals surface area contributed by atoms with Gasteiger partial charge in [-0.05, 0) is 80.0 Å². The lowest BCUT2D eigenvalue weighted by Crippen LogP contribution is -2.57. The number of anilines is 1. The van der Waals surface area contributed by atoms with Crippen molar-refractivity contribution in [2.24, 2.45) is 23.7 Å². The predicted octanol–water partition coefficient (Wildman–Crippen LogP) is 1.93. The lowest BCUT2D eigenvalue weighted by Gasteiger charge is -2.54. The number of methoxy groups -OCH3 is 1. The number of rotatable bonds is 5. The van der Waals surface area contributed by atoms with Crippen LogP contribution in [0.1, 0.15) is 32.1 Å². The highest BCUT2D eigenvalue weighted by Gasteiger charge is 2.50. The fraction of sp³-hybridized carbons (Fsp3) is 0.545. The van der Waals surface area contributed by atoms with Gasteiger partial charge in [-0.2, -0.15) is 0 Å². The van der Waals surface area contributed by atoms with Crippen LogP contribution in [0, 0.1) is 23.7 Å². The van der Waals surface area contributed by atoms with E-state index in [0.29, 0.717) is 17.6 Å². The lowest BCUT2D eigenvalue weighted by molar-refractivity contribution is -0.141. The molecule has 158 valence electrons. The third kappa shape index (κ3) is 3.05. The van der Waals surface area contributed by atoms with E-state index in [0.717, 1.165) is 47.3 Å². The summed E-state index contributed by atoms with van der Waals surface area (Å²) >= 11 is 0. The Morgan fingerprint density at radius 3 is 2.13 bits per heavy atom. The van der Waals surface area contributed by atoms with Crippen LogP contribution in [0.2, 0.25) is 0 Å². The van der Waals surface area contributed by atoms with Crippen molar-refractivity contribution in [1.82, 2.24) is 10.2 Å². The second-order valence-corrected chi connectivity index (χ2v) is 9.04. The molecule has 5 aliphatic rings. The number of ether oxygens (including phenoxy) is 1. The molecule has 0 atom stereocenters. The first-order valence-electron chi connectivity index (χ1n) is 10.6. The summed E-state index contributed by atoms with van der Waals surface area (Å²) in [7, 11) is 1.51. The van der Waals surface area contributed by atoms with Crippen molar-refractivity contribution in [3.8, 4) is 5.75 Å². The van der Waals surface area contributed by atoms with E-state index in [1.807, 2.05) is 0 Å². The van der Waals surface area contributed by atoms with Crippen molar-refractivity contribution < 1.29 is 23.9 Å². The maximum atomic E-state index is 12.8. The van der Waals surface area contributed by atoms with Gasteiger partial charge in [0, 0.05) is 6.04 Å². The summed E-state index contributed by atoms with van der Waals surface area (Å²) in [6, 6.07) is 5.58. The minimum absolute atomic E-state index is 0.117. The average molecular weight is 411 g/mol. The Morgan fingerprint density at radius 2 is 1.57 bits per heavy atom. The van der Waals surface area contributed by atoms with Crippen LogP contribution < -0.4 is 15.0 Å². The van der Waals surface area contributed by atoms with E-state index >= 15 is 0 Å². The number of nitrogens with zero attached hydrogens (tertiary/aromatic N) is 2. The Labute approximate surface area is 174 Å². The Kier molecular flexibility index (Phi) is 4.52. The molecule has 1 heterocycles. The van der Waals surface area contributed by atoms with Crippen molar-refractivity contribution in [1.29, 1.82) is 0 Å². The second-order valence-electron chi connectivity index (χ2n) is 9.04. The summed E-state index contributed by atoms with van der Waals surface area (Å²) < 4.78 is 5.07. The molecule has 1 aromatic carbocycles. The molecule has 4 bridgehead atoms. The largest absolute Gasteiger partial charge is 0.497 e. The number of carbonyl (C=O) groups excluding carboxylic acids is 4. The van der Waals surface area contributed by atoms with Gasteiger partial charge >= 0.3 is 17.8 Å². The van der Waals surface area contributed by atoms with E-state index in [9.17, 15) is 19.2 Å². The van der Waals surface area contributed by atoms with E-state index in [4.69, 9.17) is 4.74 Å². The molecule has 4 aliphatic carbocycles. The zero-order valence-corrected chi connectivity index (χ0v) is 16.9. The van der Waals surface area contributed by atoms with Crippen molar-refractivity contribution in [2.45, 2.75) is 38.1 Å². The fourth-order valence-corrected chi connectivity index (χ4v) is 6.14. The number of hydrogen-bond donors (Lipinski definition) is 1. The van der Waals surface area contributed by atoms with Crippen LogP contribution in [0.15, 0.2) is 24.3 Å². The van der Waals surface area contributed by atoms with E-state index in [1.165, 1.54) is 25.7 Å². The summed E-state index contributed by atoms with van der Waals surface area (Å²) in [6.07, 6.45) is 5.95. The van der Waals surface area contributed by atoms with Crippen molar-refractivity contribution in [2.75, 3.05) is 18.6 Å². The molecular weight excluding hydrogens is 386 g/mol. The van der Waals surface area contributed by atoms with E-state index in [2.05, 4.69) is 5.32 Å². The van der Waals surface area contributed by atoms with Crippen molar-refractivity contribution in [3.05, 3.63) is 24.3 Å². The number of carbonyl (C=O) groups is 4. The van der Waals surface area contributed by atoms with E-state index in [1.54, 1.807) is 12.1 Å². The van der Waals surface area contributed by atoms with Crippen LogP contribution in [0.25, 0.3) is 0 Å². The van der Waals surface area contributed by atoms with Gasteiger partial charge in [0.25, 0.3) is 0 Å². The Morgan fingerprint density at radius 1 is 0.967 bits per heavy atom. The Balaban J connectivity index is 1.26. The zero-order valence-electron chi connectivity index (χ0n) is 16.9. The number of benzene rings is 1. The molecule has 30 heavy (non-hydrogen) atoms. The summed E-state index contributed by atoms with van der Waals surface area (Å²) in [5, 5.41) is 3.08. The van der Waals surface area contributed by atoms with Crippen LogP contribution in [0.4, 0.5) is 10.5 Å². The predicted molar refractivity (Wildman–Crippen MR) is 107 cm³/mol. The molecule has 8 nitrogen and oxygen atoms in total. The van der Waals surface area contributed by atoms with Gasteiger partial charge in [0.2, 0.25) is 5.91 Å². The first-order chi connectivity index (χ1) is 14.4. The number of nitrogens with one attached hydrogen (secondary N) is 1. The SMILES string of the molecule is COc1ccc(N2C(=O)C(=O)N(CC(=O)NC3C4CC5CC(C4)CC3C5)C2=O)cc1. The average Bonchev–Trinajstić information content (AvgIpc) is 2.93. The molecule has 0 aromatic heterocycles. The zero-order chi connectivity index (χ0) is 21.0. The molecule has 5 amide bonds. The van der Waals surface area contributed by atoms with Gasteiger partial charge in [-0.15, -0.1) is 0 Å². The van der Waals surface area contributed by atoms with Gasteiger partial charge in [-0.3, -0.25) is 14.4 Å². The Bertz CT molecular complexity index is 884. The monoisotopic (exact) mass is 411 g/mol. The highest BCUT2D eigenvalue weighted by atomic mass is 16.5.